The number of ether oxygens (including phenoxy) is 1. The lowest BCUT2D eigenvalue weighted by Crippen LogP contribution is -2.41. The highest BCUT2D eigenvalue weighted by Crippen LogP contribution is 2.16. The second-order valence-electron chi connectivity index (χ2n) is 5.84. The van der Waals surface area contributed by atoms with Crippen LogP contribution in [-0.2, 0) is 9.53 Å². The van der Waals surface area contributed by atoms with Crippen molar-refractivity contribution in [2.45, 2.75) is 51.0 Å². The number of carbonyl (C=O) groups is 1. The first-order chi connectivity index (χ1) is 10.3. The lowest BCUT2D eigenvalue weighted by Gasteiger charge is -2.26. The van der Waals surface area contributed by atoms with Crippen molar-refractivity contribution in [1.82, 2.24) is 10.2 Å². The first-order valence-electron chi connectivity index (χ1n) is 8.17. The summed E-state index contributed by atoms with van der Waals surface area (Å²) < 4.78 is 5.24. The molecular weight excluding hydrogens is 395 g/mol. The van der Waals surface area contributed by atoms with Gasteiger partial charge < -0.3 is 20.7 Å². The molecule has 1 saturated carbocycles. The zero-order chi connectivity index (χ0) is 14.9. The monoisotopic (exact) mass is 424 g/mol. The average molecular weight is 424 g/mol. The van der Waals surface area contributed by atoms with Crippen LogP contribution in [0.25, 0.3) is 0 Å². The molecule has 128 valence electrons. The second kappa shape index (κ2) is 11.0. The maximum Gasteiger partial charge on any atom is 0.224 e. The summed E-state index contributed by atoms with van der Waals surface area (Å²) in [5.74, 6) is 0.626. The van der Waals surface area contributed by atoms with Gasteiger partial charge in [-0.05, 0) is 12.8 Å². The number of aliphatic imine (C=N–C) groups is 1. The van der Waals surface area contributed by atoms with E-state index in [2.05, 4.69) is 10.3 Å². The molecule has 0 aromatic carbocycles. The number of hydrogen-bond donors (Lipinski definition) is 2. The number of morpholine rings is 1. The minimum atomic E-state index is 0. The smallest absolute Gasteiger partial charge is 0.224 e. The number of amides is 1. The molecule has 2 rings (SSSR count). The Morgan fingerprint density at radius 2 is 1.82 bits per heavy atom. The van der Waals surface area contributed by atoms with E-state index in [0.717, 1.165) is 0 Å². The van der Waals surface area contributed by atoms with Gasteiger partial charge in [-0.3, -0.25) is 9.79 Å². The Bertz CT molecular complexity index is 351. The Morgan fingerprint density at radius 1 is 1.18 bits per heavy atom. The lowest BCUT2D eigenvalue weighted by atomic mass is 10.1. The van der Waals surface area contributed by atoms with Crippen molar-refractivity contribution in [1.29, 1.82) is 0 Å². The van der Waals surface area contributed by atoms with Gasteiger partial charge in [-0.15, -0.1) is 24.0 Å². The van der Waals surface area contributed by atoms with Crippen LogP contribution in [0.2, 0.25) is 0 Å². The zero-order valence-electron chi connectivity index (χ0n) is 13.3. The fourth-order valence-corrected chi connectivity index (χ4v) is 2.92. The number of nitrogens with one attached hydrogen (secondary N) is 1. The van der Waals surface area contributed by atoms with Gasteiger partial charge in [0.15, 0.2) is 5.96 Å². The van der Waals surface area contributed by atoms with Gasteiger partial charge in [0.25, 0.3) is 0 Å². The summed E-state index contributed by atoms with van der Waals surface area (Å²) in [6.07, 6.45) is 7.94. The molecule has 0 aromatic rings. The van der Waals surface area contributed by atoms with Crippen molar-refractivity contribution in [2.24, 2.45) is 10.7 Å². The molecule has 1 aliphatic heterocycles. The molecule has 0 radical (unpaired) electrons. The third kappa shape index (κ3) is 7.13. The van der Waals surface area contributed by atoms with Gasteiger partial charge in [-0.1, -0.05) is 25.7 Å². The Kier molecular flexibility index (Phi) is 9.77. The minimum Gasteiger partial charge on any atom is -0.378 e. The molecule has 1 amide bonds. The van der Waals surface area contributed by atoms with Crippen LogP contribution in [0.3, 0.4) is 0 Å². The molecule has 22 heavy (non-hydrogen) atoms. The summed E-state index contributed by atoms with van der Waals surface area (Å²) >= 11 is 0. The summed E-state index contributed by atoms with van der Waals surface area (Å²) in [6.45, 7) is 3.12. The van der Waals surface area contributed by atoms with Crippen molar-refractivity contribution in [3.63, 3.8) is 0 Å². The van der Waals surface area contributed by atoms with E-state index in [1.165, 1.54) is 38.5 Å². The first-order valence-corrected chi connectivity index (χ1v) is 8.17. The van der Waals surface area contributed by atoms with Gasteiger partial charge in [-0.2, -0.15) is 0 Å². The van der Waals surface area contributed by atoms with E-state index in [9.17, 15) is 4.79 Å². The third-order valence-electron chi connectivity index (χ3n) is 4.18. The van der Waals surface area contributed by atoms with Crippen LogP contribution >= 0.6 is 24.0 Å². The molecule has 1 aliphatic carbocycles. The molecule has 0 atom stereocenters. The highest BCUT2D eigenvalue weighted by Gasteiger charge is 2.16. The quantitative estimate of drug-likeness (QED) is 0.310. The van der Waals surface area contributed by atoms with Gasteiger partial charge in [-0.25, -0.2) is 0 Å². The number of carbonyl (C=O) groups excluding carboxylic acids is 1. The Hall–Kier alpha value is -0.570. The fraction of sp³-hybridized carbons (Fsp3) is 0.867. The van der Waals surface area contributed by atoms with Crippen LogP contribution in [-0.4, -0.2) is 55.7 Å². The van der Waals surface area contributed by atoms with Crippen LogP contribution in [0, 0.1) is 0 Å². The van der Waals surface area contributed by atoms with Gasteiger partial charge in [0.05, 0.1) is 19.8 Å². The summed E-state index contributed by atoms with van der Waals surface area (Å²) in [6, 6.07) is 0.450. The molecule has 6 nitrogen and oxygen atoms in total. The van der Waals surface area contributed by atoms with Crippen molar-refractivity contribution >= 4 is 35.8 Å². The predicted octanol–water partition coefficient (Wildman–Crippen LogP) is 1.48. The number of rotatable bonds is 4. The summed E-state index contributed by atoms with van der Waals surface area (Å²) in [7, 11) is 0. The molecule has 0 spiro atoms. The molecule has 0 bridgehead atoms. The van der Waals surface area contributed by atoms with Crippen LogP contribution < -0.4 is 11.1 Å². The Balaban J connectivity index is 0.00000242. The maximum atomic E-state index is 12.0. The van der Waals surface area contributed by atoms with E-state index >= 15 is 0 Å². The molecule has 0 unspecified atom stereocenters. The summed E-state index contributed by atoms with van der Waals surface area (Å²) in [4.78, 5) is 18.1. The average Bonchev–Trinajstić information content (AvgIpc) is 2.76. The van der Waals surface area contributed by atoms with Crippen LogP contribution in [0.4, 0.5) is 0 Å². The first kappa shape index (κ1) is 19.5. The normalized spacial score (nSPS) is 20.9. The van der Waals surface area contributed by atoms with Crippen molar-refractivity contribution < 1.29 is 9.53 Å². The van der Waals surface area contributed by atoms with Crippen LogP contribution in [0.1, 0.15) is 44.9 Å². The van der Waals surface area contributed by atoms with Crippen LogP contribution in [0.5, 0.6) is 0 Å². The number of halogens is 1. The second-order valence-corrected chi connectivity index (χ2v) is 5.84. The molecular formula is C15H29IN4O2. The number of nitrogens with zero attached hydrogens (tertiary/aromatic N) is 2. The Labute approximate surface area is 150 Å². The van der Waals surface area contributed by atoms with Crippen molar-refractivity contribution in [3.05, 3.63) is 0 Å². The van der Waals surface area contributed by atoms with E-state index in [4.69, 9.17) is 10.5 Å². The molecule has 7 heteroatoms. The summed E-state index contributed by atoms with van der Waals surface area (Å²) in [5, 5.41) is 3.29. The number of nitrogens with two attached hydrogens (primary N) is 1. The van der Waals surface area contributed by atoms with Gasteiger partial charge in [0, 0.05) is 25.6 Å². The topological polar surface area (TPSA) is 80.0 Å². The highest BCUT2D eigenvalue weighted by molar-refractivity contribution is 14.0. The van der Waals surface area contributed by atoms with E-state index in [1.807, 2.05) is 4.90 Å². The molecule has 2 fully saturated rings. The standard InChI is InChI=1S/C15H28N4O2.HI/c16-15(18-13-5-3-1-2-4-6-13)17-8-7-14(20)19-9-11-21-12-10-19;/h13H,1-12H2,(H3,16,17,18);1H. The van der Waals surface area contributed by atoms with E-state index in [1.54, 1.807) is 0 Å². The minimum absolute atomic E-state index is 0. The Morgan fingerprint density at radius 3 is 2.45 bits per heavy atom. The van der Waals surface area contributed by atoms with E-state index in [0.29, 0.717) is 51.3 Å². The van der Waals surface area contributed by atoms with Crippen molar-refractivity contribution in [3.8, 4) is 0 Å². The zero-order valence-corrected chi connectivity index (χ0v) is 15.6. The SMILES string of the molecule is I.NC(=NCCC(=O)N1CCOCC1)NC1CCCCCC1. The molecule has 0 aromatic heterocycles. The fourth-order valence-electron chi connectivity index (χ4n) is 2.92. The maximum absolute atomic E-state index is 12.0. The molecule has 2 aliphatic rings. The van der Waals surface area contributed by atoms with Crippen LogP contribution in [0.15, 0.2) is 4.99 Å². The van der Waals surface area contributed by atoms with Crippen molar-refractivity contribution in [2.75, 3.05) is 32.8 Å². The van der Waals surface area contributed by atoms with E-state index < -0.39 is 0 Å². The molecule has 1 saturated heterocycles. The van der Waals surface area contributed by atoms with E-state index in [-0.39, 0.29) is 29.9 Å². The summed E-state index contributed by atoms with van der Waals surface area (Å²) in [5.41, 5.74) is 5.91. The predicted molar refractivity (Wildman–Crippen MR) is 98.5 cm³/mol. The largest absolute Gasteiger partial charge is 0.378 e. The third-order valence-corrected chi connectivity index (χ3v) is 4.18. The van der Waals surface area contributed by atoms with Gasteiger partial charge in [0.2, 0.25) is 5.91 Å². The van der Waals surface area contributed by atoms with Gasteiger partial charge in [0.1, 0.15) is 0 Å². The molecule has 3 N–H and O–H groups in total. The number of guanidine groups is 1. The number of hydrogen-bond acceptors (Lipinski definition) is 3. The highest BCUT2D eigenvalue weighted by atomic mass is 127. The molecule has 1 heterocycles. The lowest BCUT2D eigenvalue weighted by molar-refractivity contribution is -0.135. The van der Waals surface area contributed by atoms with Gasteiger partial charge >= 0.3 is 0 Å².